The van der Waals surface area contributed by atoms with Gasteiger partial charge >= 0.3 is 0 Å². The minimum atomic E-state index is -0.400. The molecule has 1 fully saturated rings. The number of nitro benzene ring substituents is 1. The van der Waals surface area contributed by atoms with Crippen LogP contribution in [0.5, 0.6) is 0 Å². The third kappa shape index (κ3) is 2.27. The van der Waals surface area contributed by atoms with Crippen molar-refractivity contribution in [2.45, 2.75) is 18.5 Å². The van der Waals surface area contributed by atoms with Gasteiger partial charge in [0.15, 0.2) is 0 Å². The Labute approximate surface area is 94.9 Å². The quantitative estimate of drug-likeness (QED) is 0.650. The standard InChI is InChI=1S/C9H10BrN3O2/c10-5-1-2-9(13(14)15)8(3-5)12-7-4-6(7)11/h1-3,6-7,12H,4,11H2. The van der Waals surface area contributed by atoms with Crippen LogP contribution in [-0.4, -0.2) is 17.0 Å². The molecular formula is C9H10BrN3O2. The summed E-state index contributed by atoms with van der Waals surface area (Å²) in [5, 5.41) is 13.8. The Kier molecular flexibility index (Phi) is 2.62. The molecule has 1 aromatic rings. The summed E-state index contributed by atoms with van der Waals surface area (Å²) >= 11 is 3.28. The molecule has 5 nitrogen and oxygen atoms in total. The SMILES string of the molecule is NC1CC1Nc1cc(Br)ccc1[N+](=O)[O-]. The Morgan fingerprint density at radius 2 is 2.27 bits per heavy atom. The molecule has 6 heteroatoms. The number of hydrogen-bond donors (Lipinski definition) is 2. The molecule has 0 aromatic heterocycles. The highest BCUT2D eigenvalue weighted by Gasteiger charge is 2.34. The largest absolute Gasteiger partial charge is 0.375 e. The van der Waals surface area contributed by atoms with Crippen molar-refractivity contribution in [1.29, 1.82) is 0 Å². The molecular weight excluding hydrogens is 262 g/mol. The van der Waals surface area contributed by atoms with Gasteiger partial charge in [-0.2, -0.15) is 0 Å². The van der Waals surface area contributed by atoms with E-state index >= 15 is 0 Å². The van der Waals surface area contributed by atoms with Gasteiger partial charge in [-0.05, 0) is 18.6 Å². The Morgan fingerprint density at radius 1 is 1.60 bits per heavy atom. The Morgan fingerprint density at radius 3 is 2.80 bits per heavy atom. The lowest BCUT2D eigenvalue weighted by molar-refractivity contribution is -0.384. The normalized spacial score (nSPS) is 23.6. The molecule has 0 spiro atoms. The van der Waals surface area contributed by atoms with Gasteiger partial charge in [-0.3, -0.25) is 10.1 Å². The summed E-state index contributed by atoms with van der Waals surface area (Å²) in [5.74, 6) is 0. The van der Waals surface area contributed by atoms with E-state index in [4.69, 9.17) is 5.73 Å². The van der Waals surface area contributed by atoms with E-state index in [0.717, 1.165) is 10.9 Å². The smallest absolute Gasteiger partial charge is 0.292 e. The first-order chi connectivity index (χ1) is 7.08. The number of benzene rings is 1. The molecule has 0 aliphatic heterocycles. The second-order valence-corrected chi connectivity index (χ2v) is 4.48. The van der Waals surface area contributed by atoms with Crippen molar-refractivity contribution in [1.82, 2.24) is 0 Å². The number of nitro groups is 1. The first-order valence-electron chi connectivity index (χ1n) is 4.54. The molecule has 0 heterocycles. The van der Waals surface area contributed by atoms with Crippen LogP contribution in [0.15, 0.2) is 22.7 Å². The van der Waals surface area contributed by atoms with Crippen LogP contribution in [0.3, 0.4) is 0 Å². The molecule has 0 saturated heterocycles. The predicted octanol–water partition coefficient (Wildman–Crippen LogP) is 1.87. The van der Waals surface area contributed by atoms with Crippen molar-refractivity contribution in [3.05, 3.63) is 32.8 Å². The van der Waals surface area contributed by atoms with Crippen LogP contribution in [-0.2, 0) is 0 Å². The molecule has 3 N–H and O–H groups in total. The van der Waals surface area contributed by atoms with E-state index in [1.807, 2.05) is 0 Å². The van der Waals surface area contributed by atoms with Gasteiger partial charge in [0.25, 0.3) is 5.69 Å². The van der Waals surface area contributed by atoms with Crippen LogP contribution in [0.4, 0.5) is 11.4 Å². The fourth-order valence-corrected chi connectivity index (χ4v) is 1.72. The van der Waals surface area contributed by atoms with Crippen molar-refractivity contribution < 1.29 is 4.92 Å². The third-order valence-corrected chi connectivity index (χ3v) is 2.83. The van der Waals surface area contributed by atoms with Crippen LogP contribution in [0.25, 0.3) is 0 Å². The monoisotopic (exact) mass is 271 g/mol. The third-order valence-electron chi connectivity index (χ3n) is 2.34. The number of halogens is 1. The highest BCUT2D eigenvalue weighted by molar-refractivity contribution is 9.10. The zero-order chi connectivity index (χ0) is 11.0. The van der Waals surface area contributed by atoms with E-state index in [1.54, 1.807) is 12.1 Å². The summed E-state index contributed by atoms with van der Waals surface area (Å²) in [4.78, 5) is 10.3. The Hall–Kier alpha value is -1.14. The van der Waals surface area contributed by atoms with E-state index in [0.29, 0.717) is 5.69 Å². The van der Waals surface area contributed by atoms with Gasteiger partial charge in [0.2, 0.25) is 0 Å². The maximum atomic E-state index is 10.7. The first-order valence-corrected chi connectivity index (χ1v) is 5.33. The molecule has 1 saturated carbocycles. The second kappa shape index (κ2) is 3.79. The van der Waals surface area contributed by atoms with Crippen LogP contribution in [0, 0.1) is 10.1 Å². The van der Waals surface area contributed by atoms with Gasteiger partial charge < -0.3 is 11.1 Å². The summed E-state index contributed by atoms with van der Waals surface area (Å²) in [6, 6.07) is 5.10. The van der Waals surface area contributed by atoms with Gasteiger partial charge in [-0.15, -0.1) is 0 Å². The molecule has 2 unspecified atom stereocenters. The number of hydrogen-bond acceptors (Lipinski definition) is 4. The highest BCUT2D eigenvalue weighted by atomic mass is 79.9. The maximum Gasteiger partial charge on any atom is 0.292 e. The molecule has 1 aromatic carbocycles. The van der Waals surface area contributed by atoms with E-state index in [2.05, 4.69) is 21.2 Å². The van der Waals surface area contributed by atoms with Crippen molar-refractivity contribution in [3.8, 4) is 0 Å². The number of anilines is 1. The average Bonchev–Trinajstić information content (AvgIpc) is 2.81. The zero-order valence-corrected chi connectivity index (χ0v) is 9.40. The van der Waals surface area contributed by atoms with Crippen molar-refractivity contribution in [2.75, 3.05) is 5.32 Å². The lowest BCUT2D eigenvalue weighted by Crippen LogP contribution is -2.14. The molecule has 2 rings (SSSR count). The van der Waals surface area contributed by atoms with Crippen molar-refractivity contribution >= 4 is 27.3 Å². The fraction of sp³-hybridized carbons (Fsp3) is 0.333. The molecule has 0 radical (unpaired) electrons. The summed E-state index contributed by atoms with van der Waals surface area (Å²) in [6.07, 6.45) is 0.865. The number of nitrogens with one attached hydrogen (secondary N) is 1. The minimum absolute atomic E-state index is 0.0808. The summed E-state index contributed by atoms with van der Waals surface area (Å²) in [7, 11) is 0. The Bertz CT molecular complexity index is 410. The zero-order valence-electron chi connectivity index (χ0n) is 7.81. The maximum absolute atomic E-state index is 10.7. The van der Waals surface area contributed by atoms with Crippen molar-refractivity contribution in [2.24, 2.45) is 5.73 Å². The van der Waals surface area contributed by atoms with E-state index in [-0.39, 0.29) is 17.8 Å². The van der Waals surface area contributed by atoms with E-state index in [1.165, 1.54) is 6.07 Å². The topological polar surface area (TPSA) is 81.2 Å². The molecule has 0 bridgehead atoms. The lowest BCUT2D eigenvalue weighted by atomic mass is 10.2. The average molecular weight is 272 g/mol. The second-order valence-electron chi connectivity index (χ2n) is 3.57. The molecule has 0 amide bonds. The van der Waals surface area contributed by atoms with Crippen LogP contribution in [0.2, 0.25) is 0 Å². The molecule has 80 valence electrons. The summed E-state index contributed by atoms with van der Waals surface area (Å²) < 4.78 is 0.810. The Balaban J connectivity index is 2.26. The summed E-state index contributed by atoms with van der Waals surface area (Å²) in [5.41, 5.74) is 6.24. The minimum Gasteiger partial charge on any atom is -0.375 e. The molecule has 15 heavy (non-hydrogen) atoms. The first kappa shape index (κ1) is 10.4. The lowest BCUT2D eigenvalue weighted by Gasteiger charge is -2.06. The molecule has 1 aliphatic rings. The molecule has 1 aliphatic carbocycles. The summed E-state index contributed by atoms with van der Waals surface area (Å²) in [6.45, 7) is 0. The van der Waals surface area contributed by atoms with Crippen molar-refractivity contribution in [3.63, 3.8) is 0 Å². The van der Waals surface area contributed by atoms with Gasteiger partial charge in [0, 0.05) is 22.6 Å². The number of nitrogens with zero attached hydrogens (tertiary/aromatic N) is 1. The van der Waals surface area contributed by atoms with Gasteiger partial charge in [0.1, 0.15) is 5.69 Å². The van der Waals surface area contributed by atoms with Crippen LogP contribution >= 0.6 is 15.9 Å². The predicted molar refractivity (Wildman–Crippen MR) is 60.8 cm³/mol. The number of nitrogens with two attached hydrogens (primary N) is 1. The van der Waals surface area contributed by atoms with E-state index < -0.39 is 4.92 Å². The highest BCUT2D eigenvalue weighted by Crippen LogP contribution is 2.32. The van der Waals surface area contributed by atoms with Gasteiger partial charge in [0.05, 0.1) is 4.92 Å². The van der Waals surface area contributed by atoms with Crippen LogP contribution in [0.1, 0.15) is 6.42 Å². The van der Waals surface area contributed by atoms with Gasteiger partial charge in [-0.25, -0.2) is 0 Å². The number of rotatable bonds is 3. The fourth-order valence-electron chi connectivity index (χ4n) is 1.36. The van der Waals surface area contributed by atoms with E-state index in [9.17, 15) is 10.1 Å². The van der Waals surface area contributed by atoms with Crippen LogP contribution < -0.4 is 11.1 Å². The molecule has 2 atom stereocenters. The van der Waals surface area contributed by atoms with Gasteiger partial charge in [-0.1, -0.05) is 15.9 Å².